The molecule has 19 heavy (non-hydrogen) atoms. The third-order valence-electron chi connectivity index (χ3n) is 3.77. The molecule has 4 heteroatoms. The molecule has 0 amide bonds. The van der Waals surface area contributed by atoms with E-state index in [1.54, 1.807) is 6.20 Å². The van der Waals surface area contributed by atoms with E-state index in [0.717, 1.165) is 25.3 Å². The lowest BCUT2D eigenvalue weighted by Gasteiger charge is -2.34. The maximum Gasteiger partial charge on any atom is 0.176 e. The largest absolute Gasteiger partial charge is 0.394 e. The number of hydrogen-bond donors (Lipinski definition) is 1. The van der Waals surface area contributed by atoms with Crippen molar-refractivity contribution < 1.29 is 4.52 Å². The maximum atomic E-state index is 5.94. The van der Waals surface area contributed by atoms with Crippen LogP contribution in [-0.4, -0.2) is 16.6 Å². The molecule has 1 unspecified atom stereocenters. The van der Waals surface area contributed by atoms with E-state index in [0.29, 0.717) is 5.69 Å². The van der Waals surface area contributed by atoms with Gasteiger partial charge in [-0.1, -0.05) is 41.9 Å². The van der Waals surface area contributed by atoms with Crippen molar-refractivity contribution >= 4 is 5.69 Å². The van der Waals surface area contributed by atoms with E-state index in [9.17, 15) is 0 Å². The SMILES string of the molecule is Nc1cnoc1C1CCCCN1Cc1ccccc1. The minimum Gasteiger partial charge on any atom is -0.394 e. The van der Waals surface area contributed by atoms with Crippen LogP contribution in [0, 0.1) is 0 Å². The Morgan fingerprint density at radius 3 is 2.84 bits per heavy atom. The van der Waals surface area contributed by atoms with Gasteiger partial charge in [0.1, 0.15) is 0 Å². The lowest BCUT2D eigenvalue weighted by atomic mass is 9.98. The molecule has 1 atom stereocenters. The van der Waals surface area contributed by atoms with Crippen LogP contribution in [0.5, 0.6) is 0 Å². The average molecular weight is 257 g/mol. The fraction of sp³-hybridized carbons (Fsp3) is 0.400. The van der Waals surface area contributed by atoms with E-state index in [1.165, 1.54) is 18.4 Å². The van der Waals surface area contributed by atoms with Crippen LogP contribution in [0.3, 0.4) is 0 Å². The number of nitrogen functional groups attached to an aromatic ring is 1. The highest BCUT2D eigenvalue weighted by Gasteiger charge is 2.28. The Hall–Kier alpha value is -1.81. The normalized spacial score (nSPS) is 20.5. The van der Waals surface area contributed by atoms with Gasteiger partial charge in [0.2, 0.25) is 0 Å². The van der Waals surface area contributed by atoms with Crippen molar-refractivity contribution in [1.82, 2.24) is 10.1 Å². The van der Waals surface area contributed by atoms with Gasteiger partial charge >= 0.3 is 0 Å². The lowest BCUT2D eigenvalue weighted by Crippen LogP contribution is -2.33. The zero-order chi connectivity index (χ0) is 13.1. The summed E-state index contributed by atoms with van der Waals surface area (Å²) >= 11 is 0. The number of likely N-dealkylation sites (tertiary alicyclic amines) is 1. The van der Waals surface area contributed by atoms with Gasteiger partial charge in [0, 0.05) is 6.54 Å². The number of nitrogens with zero attached hydrogens (tertiary/aromatic N) is 2. The van der Waals surface area contributed by atoms with E-state index in [2.05, 4.69) is 34.3 Å². The first kappa shape index (κ1) is 12.2. The van der Waals surface area contributed by atoms with Crippen molar-refractivity contribution in [3.05, 3.63) is 47.9 Å². The quantitative estimate of drug-likeness (QED) is 0.918. The van der Waals surface area contributed by atoms with E-state index in [-0.39, 0.29) is 6.04 Å². The molecule has 3 rings (SSSR count). The van der Waals surface area contributed by atoms with Crippen LogP contribution < -0.4 is 5.73 Å². The van der Waals surface area contributed by atoms with Crippen LogP contribution in [0.1, 0.15) is 36.6 Å². The van der Waals surface area contributed by atoms with Gasteiger partial charge in [0.25, 0.3) is 0 Å². The Morgan fingerprint density at radius 1 is 1.26 bits per heavy atom. The molecule has 4 nitrogen and oxygen atoms in total. The van der Waals surface area contributed by atoms with Crippen molar-refractivity contribution in [2.45, 2.75) is 31.8 Å². The van der Waals surface area contributed by atoms with Gasteiger partial charge in [0.15, 0.2) is 5.76 Å². The molecule has 0 aliphatic carbocycles. The average Bonchev–Trinajstić information content (AvgIpc) is 2.87. The number of anilines is 1. The van der Waals surface area contributed by atoms with Gasteiger partial charge < -0.3 is 10.3 Å². The molecular weight excluding hydrogens is 238 g/mol. The lowest BCUT2D eigenvalue weighted by molar-refractivity contribution is 0.116. The third-order valence-corrected chi connectivity index (χ3v) is 3.77. The monoisotopic (exact) mass is 257 g/mol. The van der Waals surface area contributed by atoms with Crippen LogP contribution in [0.15, 0.2) is 41.1 Å². The molecule has 2 aromatic rings. The Bertz CT molecular complexity index is 523. The van der Waals surface area contributed by atoms with Crippen molar-refractivity contribution in [2.75, 3.05) is 12.3 Å². The van der Waals surface area contributed by atoms with Crippen molar-refractivity contribution in [2.24, 2.45) is 0 Å². The summed E-state index contributed by atoms with van der Waals surface area (Å²) in [5, 5.41) is 3.81. The van der Waals surface area contributed by atoms with E-state index < -0.39 is 0 Å². The van der Waals surface area contributed by atoms with E-state index in [1.807, 2.05) is 6.07 Å². The Morgan fingerprint density at radius 2 is 2.11 bits per heavy atom. The van der Waals surface area contributed by atoms with Gasteiger partial charge in [0.05, 0.1) is 17.9 Å². The molecule has 0 bridgehead atoms. The Labute approximate surface area is 113 Å². The van der Waals surface area contributed by atoms with E-state index in [4.69, 9.17) is 10.3 Å². The summed E-state index contributed by atoms with van der Waals surface area (Å²) in [6.45, 7) is 2.02. The summed E-state index contributed by atoms with van der Waals surface area (Å²) in [5.74, 6) is 0.829. The van der Waals surface area contributed by atoms with Gasteiger partial charge in [-0.2, -0.15) is 0 Å². The Kier molecular flexibility index (Phi) is 3.51. The summed E-state index contributed by atoms with van der Waals surface area (Å²) in [6.07, 6.45) is 5.14. The first-order valence-corrected chi connectivity index (χ1v) is 6.82. The molecule has 0 radical (unpaired) electrons. The topological polar surface area (TPSA) is 55.3 Å². The minimum atomic E-state index is 0.261. The fourth-order valence-corrected chi connectivity index (χ4v) is 2.80. The van der Waals surface area contributed by atoms with E-state index >= 15 is 0 Å². The van der Waals surface area contributed by atoms with Crippen LogP contribution in [0.4, 0.5) is 5.69 Å². The third kappa shape index (κ3) is 2.63. The van der Waals surface area contributed by atoms with Crippen molar-refractivity contribution in [1.29, 1.82) is 0 Å². The summed E-state index contributed by atoms with van der Waals surface area (Å²) in [6, 6.07) is 10.8. The number of hydrogen-bond acceptors (Lipinski definition) is 4. The predicted octanol–water partition coefficient (Wildman–Crippen LogP) is 2.98. The molecule has 2 N–H and O–H groups in total. The molecule has 1 aliphatic heterocycles. The predicted molar refractivity (Wildman–Crippen MR) is 74.4 cm³/mol. The zero-order valence-electron chi connectivity index (χ0n) is 11.0. The number of nitrogens with two attached hydrogens (primary N) is 1. The first-order chi connectivity index (χ1) is 9.34. The van der Waals surface area contributed by atoms with Crippen molar-refractivity contribution in [3.63, 3.8) is 0 Å². The highest BCUT2D eigenvalue weighted by molar-refractivity contribution is 5.40. The molecule has 1 aromatic heterocycles. The van der Waals surface area contributed by atoms with Crippen LogP contribution in [0.2, 0.25) is 0 Å². The number of rotatable bonds is 3. The molecular formula is C15H19N3O. The second-order valence-electron chi connectivity index (χ2n) is 5.11. The number of benzene rings is 1. The highest BCUT2D eigenvalue weighted by Crippen LogP contribution is 2.34. The summed E-state index contributed by atoms with van der Waals surface area (Å²) in [5.41, 5.74) is 7.94. The molecule has 1 aromatic carbocycles. The van der Waals surface area contributed by atoms with Gasteiger partial charge in [-0.15, -0.1) is 0 Å². The molecule has 1 fully saturated rings. The summed E-state index contributed by atoms with van der Waals surface area (Å²) in [7, 11) is 0. The standard InChI is InChI=1S/C15H19N3O/c16-13-10-17-19-15(13)14-8-4-5-9-18(14)11-12-6-2-1-3-7-12/h1-3,6-7,10,14H,4-5,8-9,11,16H2. The summed E-state index contributed by atoms with van der Waals surface area (Å²) in [4.78, 5) is 2.44. The number of aromatic nitrogens is 1. The molecule has 2 heterocycles. The van der Waals surface area contributed by atoms with Gasteiger partial charge in [-0.3, -0.25) is 4.90 Å². The fourth-order valence-electron chi connectivity index (χ4n) is 2.80. The molecule has 100 valence electrons. The number of piperidine rings is 1. The van der Waals surface area contributed by atoms with Crippen LogP contribution in [0.25, 0.3) is 0 Å². The molecule has 1 aliphatic rings. The van der Waals surface area contributed by atoms with Crippen molar-refractivity contribution in [3.8, 4) is 0 Å². The zero-order valence-corrected chi connectivity index (χ0v) is 11.0. The highest BCUT2D eigenvalue weighted by atomic mass is 16.5. The van der Waals surface area contributed by atoms with Crippen LogP contribution in [-0.2, 0) is 6.54 Å². The van der Waals surface area contributed by atoms with Gasteiger partial charge in [-0.25, -0.2) is 0 Å². The molecule has 0 saturated carbocycles. The molecule has 0 spiro atoms. The maximum absolute atomic E-state index is 5.94. The van der Waals surface area contributed by atoms with Gasteiger partial charge in [-0.05, 0) is 24.9 Å². The Balaban J connectivity index is 1.80. The second kappa shape index (κ2) is 5.45. The minimum absolute atomic E-state index is 0.261. The first-order valence-electron chi connectivity index (χ1n) is 6.82. The second-order valence-corrected chi connectivity index (χ2v) is 5.11. The smallest absolute Gasteiger partial charge is 0.176 e. The summed E-state index contributed by atoms with van der Waals surface area (Å²) < 4.78 is 5.36. The molecule has 1 saturated heterocycles. The van der Waals surface area contributed by atoms with Crippen LogP contribution >= 0.6 is 0 Å².